The number of Topliss-reactive ketones (excluding diaryl/α,β-unsaturated/α-hetero) is 2. The molecule has 1 aliphatic carbocycles. The van der Waals surface area contributed by atoms with E-state index in [4.69, 9.17) is 29.2 Å². The van der Waals surface area contributed by atoms with Crippen molar-refractivity contribution in [3.63, 3.8) is 0 Å². The number of ketones is 2. The van der Waals surface area contributed by atoms with Gasteiger partial charge in [0, 0.05) is 57.0 Å². The van der Waals surface area contributed by atoms with Gasteiger partial charge in [-0.25, -0.2) is 9.18 Å². The van der Waals surface area contributed by atoms with Gasteiger partial charge < -0.3 is 38.8 Å². The molecule has 2 saturated heterocycles. The lowest BCUT2D eigenvalue weighted by Gasteiger charge is -2.47. The van der Waals surface area contributed by atoms with Crippen molar-refractivity contribution in [2.24, 2.45) is 34.7 Å². The minimum Gasteiger partial charge on any atom is -0.456 e. The first-order valence-corrected chi connectivity index (χ1v) is 21.3. The standard InChI is InChI=1S/C43H67FN4O11/c1-10-29-18-23(2)37(44)24(3)19-35(56-8)39-36(57-9)20-26(5)43(54,59-39)40(51)41(52)48-16-12-11-13-31(48)42(53)58-38(27(6)32(49)22-33(29)50)25(4)17-28-14-15-30(46-47-45)34(21-28)55-7/h17-18,24,26-32,34-39,49,54H,10-16,19-22H2,1-9H3. The molecule has 3 fully saturated rings. The maximum atomic E-state index is 16.2. The second-order valence-corrected chi connectivity index (χ2v) is 17.3. The van der Waals surface area contributed by atoms with Gasteiger partial charge in [0.15, 0.2) is 0 Å². The van der Waals surface area contributed by atoms with Crippen LogP contribution in [0.1, 0.15) is 106 Å². The molecule has 15 atom stereocenters. The number of azide groups is 1. The van der Waals surface area contributed by atoms with E-state index in [1.165, 1.54) is 14.2 Å². The third kappa shape index (κ3) is 11.2. The molecule has 0 spiro atoms. The molecular formula is C43H67FN4O11. The van der Waals surface area contributed by atoms with Crippen molar-refractivity contribution < 1.29 is 57.5 Å². The fourth-order valence-electron chi connectivity index (χ4n) is 9.49. The number of methoxy groups -OCH3 is 3. The van der Waals surface area contributed by atoms with E-state index in [0.29, 0.717) is 49.7 Å². The molecule has 16 heteroatoms. The van der Waals surface area contributed by atoms with Crippen LogP contribution in [0.5, 0.6) is 0 Å². The minimum atomic E-state index is -2.61. The number of piperidine rings is 1. The van der Waals surface area contributed by atoms with Crippen LogP contribution in [-0.2, 0) is 42.9 Å². The van der Waals surface area contributed by atoms with E-state index in [9.17, 15) is 29.4 Å². The molecule has 15 nitrogen and oxygen atoms in total. The van der Waals surface area contributed by atoms with E-state index < -0.39 is 89.9 Å². The van der Waals surface area contributed by atoms with Crippen LogP contribution < -0.4 is 0 Å². The lowest BCUT2D eigenvalue weighted by molar-refractivity contribution is -0.302. The van der Waals surface area contributed by atoms with Crippen LogP contribution in [-0.4, -0.2) is 127 Å². The van der Waals surface area contributed by atoms with Gasteiger partial charge >= 0.3 is 5.97 Å². The average molecular weight is 835 g/mol. The van der Waals surface area contributed by atoms with E-state index in [1.807, 2.05) is 13.0 Å². The minimum absolute atomic E-state index is 0.0405. The van der Waals surface area contributed by atoms with Gasteiger partial charge in [0.05, 0.1) is 30.5 Å². The normalized spacial score (nSPS) is 40.2. The Bertz CT molecular complexity index is 1600. The SMILES string of the molecule is CCC1C=C(C)C(F)C(C)CC(OC)C2OC(O)(C(=O)C(=O)N3CCCCC3C(=O)OC(C(C)=CC3CCC(N=[N+]=[N-])C(OC)C3)C(C)C(O)CC1=O)C(C)CC2OC. The largest absolute Gasteiger partial charge is 0.456 e. The van der Waals surface area contributed by atoms with Crippen molar-refractivity contribution in [1.29, 1.82) is 0 Å². The van der Waals surface area contributed by atoms with Gasteiger partial charge in [-0.15, -0.1) is 0 Å². The molecule has 1 saturated carbocycles. The van der Waals surface area contributed by atoms with Crippen LogP contribution >= 0.6 is 0 Å². The Morgan fingerprint density at radius 3 is 2.32 bits per heavy atom. The first-order chi connectivity index (χ1) is 27.9. The van der Waals surface area contributed by atoms with Crippen LogP contribution in [0.4, 0.5) is 4.39 Å². The topological polar surface area (TPSA) is 207 Å². The maximum absolute atomic E-state index is 16.2. The van der Waals surface area contributed by atoms with Gasteiger partial charge in [-0.3, -0.25) is 14.4 Å². The summed E-state index contributed by atoms with van der Waals surface area (Å²) in [4.78, 5) is 60.7. The smallest absolute Gasteiger partial charge is 0.329 e. The van der Waals surface area contributed by atoms with E-state index in [0.717, 1.165) is 4.90 Å². The zero-order valence-corrected chi connectivity index (χ0v) is 36.3. The molecule has 0 radical (unpaired) electrons. The second kappa shape index (κ2) is 21.5. The number of esters is 1. The second-order valence-electron chi connectivity index (χ2n) is 17.3. The summed E-state index contributed by atoms with van der Waals surface area (Å²) < 4.78 is 45.8. The number of carbonyl (C=O) groups is 4. The predicted octanol–water partition coefficient (Wildman–Crippen LogP) is 5.74. The molecule has 15 unspecified atom stereocenters. The third-order valence-electron chi connectivity index (χ3n) is 13.3. The van der Waals surface area contributed by atoms with Crippen molar-refractivity contribution in [2.75, 3.05) is 27.9 Å². The fourth-order valence-corrected chi connectivity index (χ4v) is 9.49. The fraction of sp³-hybridized carbons (Fsp3) is 0.814. The number of amides is 1. The molecule has 4 rings (SSSR count). The van der Waals surface area contributed by atoms with E-state index in [1.54, 1.807) is 47.8 Å². The summed E-state index contributed by atoms with van der Waals surface area (Å²) in [6.45, 7) is 10.2. The van der Waals surface area contributed by atoms with Crippen LogP contribution in [0.3, 0.4) is 0 Å². The van der Waals surface area contributed by atoms with Crippen molar-refractivity contribution in [3.8, 4) is 0 Å². The van der Waals surface area contributed by atoms with Crippen molar-refractivity contribution in [3.05, 3.63) is 33.7 Å². The zero-order valence-electron chi connectivity index (χ0n) is 36.3. The van der Waals surface area contributed by atoms with E-state index in [2.05, 4.69) is 10.0 Å². The number of alkyl halides is 1. The van der Waals surface area contributed by atoms with Crippen LogP contribution in [0, 0.1) is 29.6 Å². The van der Waals surface area contributed by atoms with Gasteiger partial charge in [0.1, 0.15) is 30.2 Å². The number of halogens is 1. The first kappa shape index (κ1) is 48.4. The first-order valence-electron chi connectivity index (χ1n) is 21.3. The van der Waals surface area contributed by atoms with Gasteiger partial charge in [0.25, 0.3) is 11.7 Å². The van der Waals surface area contributed by atoms with Crippen molar-refractivity contribution in [1.82, 2.24) is 4.90 Å². The molecule has 0 aromatic heterocycles. The summed E-state index contributed by atoms with van der Waals surface area (Å²) in [6.07, 6.45) is -0.00215. The summed E-state index contributed by atoms with van der Waals surface area (Å²) in [5.74, 6) is -9.21. The number of carbonyl (C=O) groups excluding carboxylic acids is 4. The number of cyclic esters (lactones) is 1. The Labute approximate surface area is 348 Å². The molecule has 2 bridgehead atoms. The van der Waals surface area contributed by atoms with Crippen molar-refractivity contribution in [2.45, 2.75) is 166 Å². The molecule has 0 aromatic rings. The molecule has 2 N–H and O–H groups in total. The Balaban J connectivity index is 1.78. The highest BCUT2D eigenvalue weighted by atomic mass is 19.1. The molecule has 3 heterocycles. The monoisotopic (exact) mass is 834 g/mol. The predicted molar refractivity (Wildman–Crippen MR) is 215 cm³/mol. The molecule has 4 aliphatic rings. The maximum Gasteiger partial charge on any atom is 0.329 e. The number of allylic oxidation sites excluding steroid dienone is 3. The molecule has 332 valence electrons. The number of fused-ring (bicyclic) bond motifs is 3. The summed E-state index contributed by atoms with van der Waals surface area (Å²) in [6, 6.07) is -1.52. The van der Waals surface area contributed by atoms with Gasteiger partial charge in [-0.05, 0) is 100 Å². The van der Waals surface area contributed by atoms with Crippen molar-refractivity contribution >= 4 is 23.4 Å². The third-order valence-corrected chi connectivity index (χ3v) is 13.3. The molecular weight excluding hydrogens is 767 g/mol. The van der Waals surface area contributed by atoms with Crippen LogP contribution in [0.15, 0.2) is 28.4 Å². The lowest BCUT2D eigenvalue weighted by Crippen LogP contribution is -2.64. The highest BCUT2D eigenvalue weighted by Crippen LogP contribution is 2.40. The summed E-state index contributed by atoms with van der Waals surface area (Å²) >= 11 is 0. The van der Waals surface area contributed by atoms with Crippen LogP contribution in [0.2, 0.25) is 0 Å². The number of aliphatic hydroxyl groups excluding tert-OH is 1. The molecule has 0 aromatic carbocycles. The highest BCUT2D eigenvalue weighted by molar-refractivity contribution is 6.39. The van der Waals surface area contributed by atoms with E-state index >= 15 is 4.39 Å². The number of nitrogens with zero attached hydrogens (tertiary/aromatic N) is 4. The quantitative estimate of drug-likeness (QED) is 0.0790. The highest BCUT2D eigenvalue weighted by Gasteiger charge is 2.57. The lowest BCUT2D eigenvalue weighted by atomic mass is 9.81. The Morgan fingerprint density at radius 2 is 1.69 bits per heavy atom. The summed E-state index contributed by atoms with van der Waals surface area (Å²) in [5.41, 5.74) is 9.98. The van der Waals surface area contributed by atoms with Crippen LogP contribution in [0.25, 0.3) is 10.4 Å². The molecule has 59 heavy (non-hydrogen) atoms. The zero-order chi connectivity index (χ0) is 43.8. The average Bonchev–Trinajstić information content (AvgIpc) is 3.23. The van der Waals surface area contributed by atoms with Gasteiger partial charge in [-0.1, -0.05) is 45.0 Å². The van der Waals surface area contributed by atoms with E-state index in [-0.39, 0.29) is 56.1 Å². The number of hydrogen-bond acceptors (Lipinski definition) is 12. The Kier molecular flexibility index (Phi) is 17.7. The summed E-state index contributed by atoms with van der Waals surface area (Å²) in [7, 11) is 4.42. The number of aliphatic hydroxyl groups is 2. The van der Waals surface area contributed by atoms with Gasteiger partial charge in [-0.2, -0.15) is 0 Å². The molecule has 3 aliphatic heterocycles. The Hall–Kier alpha value is -3.24. The van der Waals surface area contributed by atoms with Gasteiger partial charge in [0.2, 0.25) is 5.79 Å². The molecule has 1 amide bonds. The number of ether oxygens (including phenoxy) is 5. The Morgan fingerprint density at radius 1 is 1.03 bits per heavy atom. The number of rotatable bonds is 7. The summed E-state index contributed by atoms with van der Waals surface area (Å²) in [5, 5.41) is 27.6. The number of hydrogen-bond donors (Lipinski definition) is 2.